The third-order valence-electron chi connectivity index (χ3n) is 3.67. The van der Waals surface area contributed by atoms with Gasteiger partial charge in [0.05, 0.1) is 11.4 Å². The molecule has 7 nitrogen and oxygen atoms in total. The van der Waals surface area contributed by atoms with Crippen LogP contribution in [0.3, 0.4) is 0 Å². The van der Waals surface area contributed by atoms with Gasteiger partial charge in [-0.3, -0.25) is 4.99 Å². The Balaban J connectivity index is 2.11. The molecule has 8 heteroatoms. The SMILES string of the molecule is CC(=NCCC[Si](O)(O)O)c1cc(N=Nc2cccc(C)c2)ccc1O. The lowest BCUT2D eigenvalue weighted by Gasteiger charge is -2.08. The Morgan fingerprint density at radius 2 is 1.69 bits per heavy atom. The smallest absolute Gasteiger partial charge is 0.492 e. The maximum Gasteiger partial charge on any atom is 0.492 e. The van der Waals surface area contributed by atoms with Crippen molar-refractivity contribution in [2.45, 2.75) is 26.3 Å². The summed E-state index contributed by atoms with van der Waals surface area (Å²) in [7, 11) is -4.02. The number of phenols is 1. The van der Waals surface area contributed by atoms with E-state index < -0.39 is 8.80 Å². The molecule has 0 atom stereocenters. The second kappa shape index (κ2) is 8.81. The second-order valence-corrected chi connectivity index (χ2v) is 8.13. The molecule has 0 heterocycles. The highest BCUT2D eigenvalue weighted by Gasteiger charge is 2.25. The number of nitrogens with zero attached hydrogens (tertiary/aromatic N) is 3. The van der Waals surface area contributed by atoms with Crippen LogP contribution in [-0.2, 0) is 0 Å². The summed E-state index contributed by atoms with van der Waals surface area (Å²) >= 11 is 0. The van der Waals surface area contributed by atoms with Gasteiger partial charge in [0.2, 0.25) is 0 Å². The molecule has 138 valence electrons. The van der Waals surface area contributed by atoms with E-state index in [0.717, 1.165) is 11.3 Å². The third-order valence-corrected chi connectivity index (χ3v) is 4.70. The zero-order chi connectivity index (χ0) is 19.2. The Labute approximate surface area is 153 Å². The lowest BCUT2D eigenvalue weighted by Crippen LogP contribution is -2.34. The molecule has 2 aromatic carbocycles. The van der Waals surface area contributed by atoms with Gasteiger partial charge in [0, 0.05) is 23.9 Å². The van der Waals surface area contributed by atoms with Crippen molar-refractivity contribution in [2.24, 2.45) is 15.2 Å². The Hall–Kier alpha value is -2.39. The van der Waals surface area contributed by atoms with Gasteiger partial charge in [0.1, 0.15) is 5.75 Å². The van der Waals surface area contributed by atoms with Crippen molar-refractivity contribution in [3.05, 3.63) is 53.6 Å². The molecular formula is C18H23N3O4Si. The van der Waals surface area contributed by atoms with Crippen LogP contribution in [0.5, 0.6) is 5.75 Å². The minimum absolute atomic E-state index is 0.0689. The van der Waals surface area contributed by atoms with Crippen molar-refractivity contribution in [2.75, 3.05) is 6.54 Å². The molecule has 0 saturated carbocycles. The number of aromatic hydroxyl groups is 1. The molecule has 0 spiro atoms. The van der Waals surface area contributed by atoms with E-state index in [1.807, 2.05) is 31.2 Å². The van der Waals surface area contributed by atoms with Crippen molar-refractivity contribution in [1.82, 2.24) is 0 Å². The van der Waals surface area contributed by atoms with Gasteiger partial charge in [-0.15, -0.1) is 0 Å². The molecule has 26 heavy (non-hydrogen) atoms. The minimum Gasteiger partial charge on any atom is -0.507 e. The summed E-state index contributed by atoms with van der Waals surface area (Å²) in [5.74, 6) is 0.0796. The molecule has 0 aliphatic heterocycles. The van der Waals surface area contributed by atoms with Crippen LogP contribution in [0.25, 0.3) is 0 Å². The topological polar surface area (TPSA) is 118 Å². The van der Waals surface area contributed by atoms with Crippen LogP contribution in [-0.4, -0.2) is 40.6 Å². The molecule has 0 aliphatic rings. The first kappa shape index (κ1) is 19.9. The van der Waals surface area contributed by atoms with E-state index in [1.165, 1.54) is 6.07 Å². The highest BCUT2D eigenvalue weighted by molar-refractivity contribution is 6.56. The van der Waals surface area contributed by atoms with Gasteiger partial charge in [-0.25, -0.2) is 0 Å². The third kappa shape index (κ3) is 6.49. The summed E-state index contributed by atoms with van der Waals surface area (Å²) in [6.07, 6.45) is 0.348. The fourth-order valence-electron chi connectivity index (χ4n) is 2.33. The zero-order valence-electron chi connectivity index (χ0n) is 14.8. The number of hydrogen-bond donors (Lipinski definition) is 4. The molecule has 0 aliphatic carbocycles. The van der Waals surface area contributed by atoms with E-state index in [2.05, 4.69) is 15.2 Å². The largest absolute Gasteiger partial charge is 0.507 e. The van der Waals surface area contributed by atoms with Gasteiger partial charge < -0.3 is 19.5 Å². The molecule has 2 rings (SSSR count). The summed E-state index contributed by atoms with van der Waals surface area (Å²) in [6.45, 7) is 4.04. The number of rotatable bonds is 7. The van der Waals surface area contributed by atoms with Gasteiger partial charge in [-0.1, -0.05) is 12.1 Å². The van der Waals surface area contributed by atoms with Crippen LogP contribution in [0.2, 0.25) is 6.04 Å². The van der Waals surface area contributed by atoms with E-state index >= 15 is 0 Å². The Morgan fingerprint density at radius 1 is 1.00 bits per heavy atom. The predicted molar refractivity (Wildman–Crippen MR) is 102 cm³/mol. The van der Waals surface area contributed by atoms with Gasteiger partial charge in [-0.2, -0.15) is 10.2 Å². The lowest BCUT2D eigenvalue weighted by molar-refractivity contribution is 0.227. The van der Waals surface area contributed by atoms with Crippen molar-refractivity contribution in [3.8, 4) is 5.75 Å². The predicted octanol–water partition coefficient (Wildman–Crippen LogP) is 3.23. The molecule has 0 amide bonds. The van der Waals surface area contributed by atoms with Gasteiger partial charge in [0.25, 0.3) is 0 Å². The van der Waals surface area contributed by atoms with Crippen LogP contribution in [0.15, 0.2) is 57.7 Å². The van der Waals surface area contributed by atoms with Crippen LogP contribution in [0, 0.1) is 6.92 Å². The van der Waals surface area contributed by atoms with E-state index in [1.54, 1.807) is 19.1 Å². The summed E-state index contributed by atoms with van der Waals surface area (Å²) in [5.41, 5.74) is 3.55. The second-order valence-electron chi connectivity index (χ2n) is 6.09. The van der Waals surface area contributed by atoms with E-state index in [4.69, 9.17) is 14.4 Å². The van der Waals surface area contributed by atoms with E-state index in [9.17, 15) is 5.11 Å². The summed E-state index contributed by atoms with van der Waals surface area (Å²) in [5, 5.41) is 18.4. The quantitative estimate of drug-likeness (QED) is 0.258. The average molecular weight is 373 g/mol. The van der Waals surface area contributed by atoms with Crippen molar-refractivity contribution in [3.63, 3.8) is 0 Å². The lowest BCUT2D eigenvalue weighted by atomic mass is 10.1. The van der Waals surface area contributed by atoms with Gasteiger partial charge >= 0.3 is 8.80 Å². The fourth-order valence-corrected chi connectivity index (χ4v) is 2.96. The number of azo groups is 1. The normalized spacial score (nSPS) is 12.7. The van der Waals surface area contributed by atoms with Crippen LogP contribution in [0.1, 0.15) is 24.5 Å². The van der Waals surface area contributed by atoms with Crippen LogP contribution in [0.4, 0.5) is 11.4 Å². The van der Waals surface area contributed by atoms with Crippen LogP contribution < -0.4 is 0 Å². The molecule has 0 radical (unpaired) electrons. The summed E-state index contributed by atoms with van der Waals surface area (Å²) in [6, 6.07) is 12.5. The van der Waals surface area contributed by atoms with Crippen molar-refractivity contribution in [1.29, 1.82) is 0 Å². The number of phenolic OH excluding ortho intramolecular Hbond substituents is 1. The first-order chi connectivity index (χ1) is 12.2. The van der Waals surface area contributed by atoms with Gasteiger partial charge in [0.15, 0.2) is 0 Å². The van der Waals surface area contributed by atoms with Crippen molar-refractivity contribution >= 4 is 25.9 Å². The van der Waals surface area contributed by atoms with Crippen molar-refractivity contribution < 1.29 is 19.5 Å². The molecule has 0 bridgehead atoms. The van der Waals surface area contributed by atoms with E-state index in [-0.39, 0.29) is 11.8 Å². The molecule has 0 saturated heterocycles. The molecule has 2 aromatic rings. The van der Waals surface area contributed by atoms with Crippen LogP contribution >= 0.6 is 0 Å². The Morgan fingerprint density at radius 3 is 2.35 bits per heavy atom. The highest BCUT2D eigenvalue weighted by Crippen LogP contribution is 2.26. The zero-order valence-corrected chi connectivity index (χ0v) is 15.8. The molecule has 0 unspecified atom stereocenters. The first-order valence-electron chi connectivity index (χ1n) is 8.24. The molecule has 4 N–H and O–H groups in total. The molecule has 0 fully saturated rings. The summed E-state index contributed by atoms with van der Waals surface area (Å²) < 4.78 is 0. The monoisotopic (exact) mass is 373 g/mol. The number of aryl methyl sites for hydroxylation is 1. The minimum atomic E-state index is -4.02. The molecular weight excluding hydrogens is 350 g/mol. The summed E-state index contributed by atoms with van der Waals surface area (Å²) in [4.78, 5) is 31.3. The maximum absolute atomic E-state index is 10.0. The fraction of sp³-hybridized carbons (Fsp3) is 0.278. The highest BCUT2D eigenvalue weighted by atomic mass is 28.4. The van der Waals surface area contributed by atoms with E-state index in [0.29, 0.717) is 29.9 Å². The Bertz CT molecular complexity index is 816. The molecule has 0 aromatic heterocycles. The Kier molecular flexibility index (Phi) is 6.75. The van der Waals surface area contributed by atoms with Gasteiger partial charge in [-0.05, 0) is 56.2 Å². The number of aliphatic imine (C=N–C) groups is 1. The average Bonchev–Trinajstić information content (AvgIpc) is 2.57. The first-order valence-corrected chi connectivity index (χ1v) is 10.3. The number of benzene rings is 2. The standard InChI is InChI=1S/C18H23N3O4Si/c1-13-5-3-6-15(11-13)20-21-16-7-8-18(22)17(12-16)14(2)19-9-4-10-26(23,24)25/h3,5-8,11-12,22-25H,4,9-10H2,1-2H3. The number of hydrogen-bond acceptors (Lipinski definition) is 7. The maximum atomic E-state index is 10.0.